The fraction of sp³-hybridized carbons (Fsp3) is 0.400. The summed E-state index contributed by atoms with van der Waals surface area (Å²) in [6, 6.07) is 11.8. The normalized spacial score (nSPS) is 15.1. The zero-order chi connectivity index (χ0) is 17.6. The molecular formula is C20H24N2O2S. The van der Waals surface area contributed by atoms with Crippen LogP contribution in [0.5, 0.6) is 0 Å². The van der Waals surface area contributed by atoms with E-state index < -0.39 is 0 Å². The minimum absolute atomic E-state index is 0.0663. The summed E-state index contributed by atoms with van der Waals surface area (Å²) in [6.45, 7) is 4.67. The van der Waals surface area contributed by atoms with Gasteiger partial charge in [-0.05, 0) is 43.3 Å². The van der Waals surface area contributed by atoms with Crippen LogP contribution in [0.1, 0.15) is 33.6 Å². The average Bonchev–Trinajstić information content (AvgIpc) is 3.01. The Balaban J connectivity index is 1.54. The first-order valence-corrected chi connectivity index (χ1v) is 9.67. The van der Waals surface area contributed by atoms with Crippen molar-refractivity contribution in [2.45, 2.75) is 26.2 Å². The maximum atomic E-state index is 12.7. The van der Waals surface area contributed by atoms with Crippen molar-refractivity contribution in [3.63, 3.8) is 0 Å². The first-order valence-electron chi connectivity index (χ1n) is 8.79. The molecule has 4 nitrogen and oxygen atoms in total. The van der Waals surface area contributed by atoms with Crippen LogP contribution in [0.15, 0.2) is 41.8 Å². The van der Waals surface area contributed by atoms with E-state index in [-0.39, 0.29) is 11.8 Å². The molecule has 0 bridgehead atoms. The molecule has 1 saturated heterocycles. The van der Waals surface area contributed by atoms with Crippen LogP contribution in [-0.4, -0.2) is 47.8 Å². The highest BCUT2D eigenvalue weighted by Crippen LogP contribution is 2.14. The number of carbonyl (C=O) groups excluding carboxylic acids is 2. The third-order valence-electron chi connectivity index (χ3n) is 4.57. The van der Waals surface area contributed by atoms with Gasteiger partial charge in [0, 0.05) is 43.0 Å². The summed E-state index contributed by atoms with van der Waals surface area (Å²) in [5.41, 5.74) is 1.82. The molecule has 1 aromatic carbocycles. The molecule has 0 spiro atoms. The summed E-state index contributed by atoms with van der Waals surface area (Å²) in [6.07, 6.45) is 2.19. The molecule has 1 aliphatic rings. The fourth-order valence-corrected chi connectivity index (χ4v) is 3.88. The van der Waals surface area contributed by atoms with E-state index in [9.17, 15) is 9.59 Å². The number of thiophene rings is 1. The van der Waals surface area contributed by atoms with Gasteiger partial charge in [0.15, 0.2) is 0 Å². The molecule has 3 rings (SSSR count). The quantitative estimate of drug-likeness (QED) is 0.843. The van der Waals surface area contributed by atoms with Gasteiger partial charge in [-0.25, -0.2) is 0 Å². The molecule has 2 aromatic rings. The molecule has 25 heavy (non-hydrogen) atoms. The van der Waals surface area contributed by atoms with Crippen molar-refractivity contribution in [3.8, 4) is 0 Å². The van der Waals surface area contributed by atoms with Crippen LogP contribution in [0.4, 0.5) is 0 Å². The van der Waals surface area contributed by atoms with Crippen LogP contribution in [0.2, 0.25) is 0 Å². The Morgan fingerprint density at radius 1 is 1.04 bits per heavy atom. The van der Waals surface area contributed by atoms with Crippen molar-refractivity contribution in [2.24, 2.45) is 0 Å². The minimum atomic E-state index is 0.0663. The van der Waals surface area contributed by atoms with Gasteiger partial charge in [-0.2, -0.15) is 0 Å². The van der Waals surface area contributed by atoms with Crippen LogP contribution in [0.3, 0.4) is 0 Å². The van der Waals surface area contributed by atoms with Gasteiger partial charge in [-0.3, -0.25) is 9.59 Å². The van der Waals surface area contributed by atoms with Gasteiger partial charge in [0.25, 0.3) is 5.91 Å². The number of aryl methyl sites for hydroxylation is 2. The molecule has 1 fully saturated rings. The van der Waals surface area contributed by atoms with Gasteiger partial charge in [-0.1, -0.05) is 23.8 Å². The second-order valence-corrected chi connectivity index (χ2v) is 7.51. The zero-order valence-corrected chi connectivity index (χ0v) is 15.4. The summed E-state index contributed by atoms with van der Waals surface area (Å²) in [4.78, 5) is 30.2. The lowest BCUT2D eigenvalue weighted by molar-refractivity contribution is -0.131. The highest BCUT2D eigenvalue weighted by atomic mass is 32.1. The van der Waals surface area contributed by atoms with Gasteiger partial charge < -0.3 is 9.80 Å². The number of benzene rings is 1. The Bertz CT molecular complexity index is 727. The van der Waals surface area contributed by atoms with E-state index in [1.807, 2.05) is 52.4 Å². The molecule has 1 aromatic heterocycles. The van der Waals surface area contributed by atoms with Gasteiger partial charge in [-0.15, -0.1) is 11.3 Å². The maximum absolute atomic E-state index is 12.7. The molecule has 0 unspecified atom stereocenters. The maximum Gasteiger partial charge on any atom is 0.253 e. The Morgan fingerprint density at radius 2 is 1.84 bits per heavy atom. The molecule has 0 N–H and O–H groups in total. The predicted molar refractivity (Wildman–Crippen MR) is 101 cm³/mol. The largest absolute Gasteiger partial charge is 0.341 e. The lowest BCUT2D eigenvalue weighted by atomic mass is 10.1. The van der Waals surface area contributed by atoms with Crippen molar-refractivity contribution in [1.82, 2.24) is 9.80 Å². The van der Waals surface area contributed by atoms with E-state index in [4.69, 9.17) is 0 Å². The molecule has 0 atom stereocenters. The molecule has 0 aliphatic carbocycles. The van der Waals surface area contributed by atoms with Crippen molar-refractivity contribution in [1.29, 1.82) is 0 Å². The van der Waals surface area contributed by atoms with Gasteiger partial charge >= 0.3 is 0 Å². The fourth-order valence-electron chi connectivity index (χ4n) is 3.17. The molecule has 132 valence electrons. The standard InChI is InChI=1S/C20H24N2O2S/c1-16-5-2-6-17(15-16)20(24)22-11-4-10-21(12-13-22)19(23)9-8-18-7-3-14-25-18/h2-3,5-7,14-15H,4,8-13H2,1H3. The minimum Gasteiger partial charge on any atom is -0.341 e. The Labute approximate surface area is 153 Å². The summed E-state index contributed by atoms with van der Waals surface area (Å²) in [7, 11) is 0. The van der Waals surface area contributed by atoms with Crippen LogP contribution in [0, 0.1) is 6.92 Å². The van der Waals surface area contributed by atoms with Crippen LogP contribution >= 0.6 is 11.3 Å². The number of nitrogens with zero attached hydrogens (tertiary/aromatic N) is 2. The SMILES string of the molecule is Cc1cccc(C(=O)N2CCCN(C(=O)CCc3cccs3)CC2)c1. The first kappa shape index (κ1) is 17.7. The van der Waals surface area contributed by atoms with Crippen LogP contribution in [0.25, 0.3) is 0 Å². The summed E-state index contributed by atoms with van der Waals surface area (Å²) in [5, 5.41) is 2.04. The third kappa shape index (κ3) is 4.69. The topological polar surface area (TPSA) is 40.6 Å². The number of rotatable bonds is 4. The van der Waals surface area contributed by atoms with Crippen molar-refractivity contribution >= 4 is 23.2 Å². The van der Waals surface area contributed by atoms with E-state index >= 15 is 0 Å². The lowest BCUT2D eigenvalue weighted by Crippen LogP contribution is -2.37. The number of hydrogen-bond acceptors (Lipinski definition) is 3. The zero-order valence-electron chi connectivity index (χ0n) is 14.6. The van der Waals surface area contributed by atoms with Crippen LogP contribution < -0.4 is 0 Å². The second-order valence-electron chi connectivity index (χ2n) is 6.48. The first-order chi connectivity index (χ1) is 12.1. The molecule has 2 heterocycles. The summed E-state index contributed by atoms with van der Waals surface area (Å²) in [5.74, 6) is 0.259. The molecule has 1 aliphatic heterocycles. The van der Waals surface area contributed by atoms with Crippen molar-refractivity contribution in [2.75, 3.05) is 26.2 Å². The Kier molecular flexibility index (Phi) is 5.87. The number of carbonyl (C=O) groups is 2. The highest BCUT2D eigenvalue weighted by molar-refractivity contribution is 7.09. The summed E-state index contributed by atoms with van der Waals surface area (Å²) < 4.78 is 0. The van der Waals surface area contributed by atoms with Gasteiger partial charge in [0.2, 0.25) is 5.91 Å². The van der Waals surface area contributed by atoms with E-state index in [0.717, 1.165) is 30.5 Å². The third-order valence-corrected chi connectivity index (χ3v) is 5.50. The monoisotopic (exact) mass is 356 g/mol. The molecule has 5 heteroatoms. The van der Waals surface area contributed by atoms with Gasteiger partial charge in [0.05, 0.1) is 0 Å². The van der Waals surface area contributed by atoms with E-state index in [1.54, 1.807) is 11.3 Å². The van der Waals surface area contributed by atoms with Gasteiger partial charge in [0.1, 0.15) is 0 Å². The molecular weight excluding hydrogens is 332 g/mol. The number of hydrogen-bond donors (Lipinski definition) is 0. The second kappa shape index (κ2) is 8.30. The molecule has 2 amide bonds. The Hall–Kier alpha value is -2.14. The highest BCUT2D eigenvalue weighted by Gasteiger charge is 2.22. The number of amides is 2. The van der Waals surface area contributed by atoms with Crippen molar-refractivity contribution < 1.29 is 9.59 Å². The van der Waals surface area contributed by atoms with E-state index in [0.29, 0.717) is 26.1 Å². The Morgan fingerprint density at radius 3 is 2.60 bits per heavy atom. The predicted octanol–water partition coefficient (Wildman–Crippen LogP) is 3.36. The van der Waals surface area contributed by atoms with E-state index in [2.05, 4.69) is 6.07 Å². The molecule has 0 radical (unpaired) electrons. The molecule has 0 saturated carbocycles. The summed E-state index contributed by atoms with van der Waals surface area (Å²) >= 11 is 1.70. The lowest BCUT2D eigenvalue weighted by Gasteiger charge is -2.22. The van der Waals surface area contributed by atoms with E-state index in [1.165, 1.54) is 4.88 Å². The average molecular weight is 356 g/mol. The van der Waals surface area contributed by atoms with Crippen LogP contribution in [-0.2, 0) is 11.2 Å². The smallest absolute Gasteiger partial charge is 0.253 e. The van der Waals surface area contributed by atoms with Crippen molar-refractivity contribution in [3.05, 3.63) is 57.8 Å².